The second-order valence-corrected chi connectivity index (χ2v) is 6.40. The molecule has 3 heteroatoms. The normalized spacial score (nSPS) is 14.4. The van der Waals surface area contributed by atoms with Crippen LogP contribution in [-0.4, -0.2) is 0 Å². The molecule has 2 rings (SSSR count). The van der Waals surface area contributed by atoms with E-state index < -0.39 is 0 Å². The number of benzene rings is 1. The third-order valence-electron chi connectivity index (χ3n) is 3.17. The third-order valence-corrected chi connectivity index (χ3v) is 5.09. The maximum absolute atomic E-state index is 3.66. The zero-order valence-electron chi connectivity index (χ0n) is 10.9. The first-order valence-corrected chi connectivity index (χ1v) is 7.81. The van der Waals surface area contributed by atoms with Crippen LogP contribution in [0.15, 0.2) is 40.2 Å². The Balaban J connectivity index is 2.11. The molecule has 0 amide bonds. The van der Waals surface area contributed by atoms with E-state index in [1.807, 2.05) is 17.4 Å². The van der Waals surface area contributed by atoms with Gasteiger partial charge in [-0.05, 0) is 49.4 Å². The van der Waals surface area contributed by atoms with Crippen LogP contribution in [0.3, 0.4) is 0 Å². The van der Waals surface area contributed by atoms with Crippen LogP contribution < -0.4 is 5.32 Å². The third kappa shape index (κ3) is 3.02. The summed E-state index contributed by atoms with van der Waals surface area (Å²) in [6.07, 6.45) is 0. The van der Waals surface area contributed by atoms with Crippen LogP contribution in [-0.2, 0) is 0 Å². The fourth-order valence-corrected chi connectivity index (χ4v) is 3.77. The van der Waals surface area contributed by atoms with Gasteiger partial charge in [-0.2, -0.15) is 0 Å². The second-order valence-electron chi connectivity index (χ2n) is 4.60. The molecular weight excluding hydrogens is 306 g/mol. The van der Waals surface area contributed by atoms with Gasteiger partial charge in [0.1, 0.15) is 0 Å². The van der Waals surface area contributed by atoms with Gasteiger partial charge in [0.25, 0.3) is 0 Å². The van der Waals surface area contributed by atoms with E-state index in [-0.39, 0.29) is 0 Å². The maximum Gasteiger partial charge on any atom is 0.0393 e. The fourth-order valence-electron chi connectivity index (χ4n) is 2.19. The lowest BCUT2D eigenvalue weighted by atomic mass is 10.1. The number of hydrogen-bond donors (Lipinski definition) is 1. The maximum atomic E-state index is 3.66. The van der Waals surface area contributed by atoms with E-state index in [0.717, 1.165) is 0 Å². The Hall–Kier alpha value is -0.640. The minimum Gasteiger partial charge on any atom is -0.303 e. The zero-order chi connectivity index (χ0) is 13.1. The molecule has 2 atom stereocenters. The van der Waals surface area contributed by atoms with Crippen molar-refractivity contribution in [2.45, 2.75) is 32.9 Å². The first-order valence-electron chi connectivity index (χ1n) is 6.14. The average Bonchev–Trinajstić information content (AvgIpc) is 2.76. The summed E-state index contributed by atoms with van der Waals surface area (Å²) in [4.78, 5) is 1.42. The van der Waals surface area contributed by atoms with Crippen molar-refractivity contribution in [3.05, 3.63) is 56.2 Å². The van der Waals surface area contributed by atoms with Gasteiger partial charge in [-0.1, -0.05) is 34.1 Å². The summed E-state index contributed by atoms with van der Waals surface area (Å²) in [6.45, 7) is 6.61. The number of hydrogen-bond acceptors (Lipinski definition) is 2. The minimum atomic E-state index is 0.331. The summed E-state index contributed by atoms with van der Waals surface area (Å²) in [6, 6.07) is 11.3. The van der Waals surface area contributed by atoms with Crippen LogP contribution in [0.25, 0.3) is 0 Å². The molecule has 1 N–H and O–H groups in total. The number of nitrogens with one attached hydrogen (secondary N) is 1. The second kappa shape index (κ2) is 6.00. The van der Waals surface area contributed by atoms with Crippen molar-refractivity contribution >= 4 is 27.3 Å². The number of thiophene rings is 1. The number of rotatable bonds is 4. The molecule has 1 nitrogen and oxygen atoms in total. The Kier molecular flexibility index (Phi) is 4.60. The summed E-state index contributed by atoms with van der Waals surface area (Å²) in [5.41, 5.74) is 2.68. The Morgan fingerprint density at radius 3 is 2.44 bits per heavy atom. The standard InChI is InChI=1S/C15H18BrNS/c1-10-8-9-18-15(10)12(3)17-11(2)13-6-4-5-7-14(13)16/h4-9,11-12,17H,1-3H3/t11-,12?/m0/s1. The zero-order valence-corrected chi connectivity index (χ0v) is 13.3. The monoisotopic (exact) mass is 323 g/mol. The molecule has 0 aliphatic heterocycles. The lowest BCUT2D eigenvalue weighted by molar-refractivity contribution is 0.497. The van der Waals surface area contributed by atoms with Gasteiger partial charge >= 0.3 is 0 Å². The van der Waals surface area contributed by atoms with Crippen molar-refractivity contribution in [1.29, 1.82) is 0 Å². The minimum absolute atomic E-state index is 0.331. The summed E-state index contributed by atoms with van der Waals surface area (Å²) >= 11 is 5.44. The fraction of sp³-hybridized carbons (Fsp3) is 0.333. The van der Waals surface area contributed by atoms with Crippen LogP contribution >= 0.6 is 27.3 Å². The average molecular weight is 324 g/mol. The predicted octanol–water partition coefficient (Wildman–Crippen LogP) is 5.23. The van der Waals surface area contributed by atoms with Gasteiger partial charge in [-0.3, -0.25) is 0 Å². The predicted molar refractivity (Wildman–Crippen MR) is 83.2 cm³/mol. The van der Waals surface area contributed by atoms with Gasteiger partial charge in [0, 0.05) is 21.4 Å². The Morgan fingerprint density at radius 2 is 1.83 bits per heavy atom. The first kappa shape index (κ1) is 13.8. The van der Waals surface area contributed by atoms with Gasteiger partial charge in [0.2, 0.25) is 0 Å². The SMILES string of the molecule is Cc1ccsc1C(C)N[C@@H](C)c1ccccc1Br. The van der Waals surface area contributed by atoms with Gasteiger partial charge < -0.3 is 5.32 Å². The van der Waals surface area contributed by atoms with E-state index in [0.29, 0.717) is 12.1 Å². The summed E-state index contributed by atoms with van der Waals surface area (Å²) in [5, 5.41) is 5.82. The van der Waals surface area contributed by atoms with Crippen LogP contribution in [0.4, 0.5) is 0 Å². The van der Waals surface area contributed by atoms with E-state index in [2.05, 4.69) is 71.7 Å². The first-order chi connectivity index (χ1) is 8.59. The van der Waals surface area contributed by atoms with Crippen LogP contribution in [0.5, 0.6) is 0 Å². The highest BCUT2D eigenvalue weighted by Crippen LogP contribution is 2.28. The van der Waals surface area contributed by atoms with Crippen molar-refractivity contribution in [3.8, 4) is 0 Å². The number of aryl methyl sites for hydroxylation is 1. The number of halogens is 1. The molecular formula is C15H18BrNS. The van der Waals surface area contributed by atoms with Gasteiger partial charge in [-0.25, -0.2) is 0 Å². The van der Waals surface area contributed by atoms with Gasteiger partial charge in [0.15, 0.2) is 0 Å². The highest BCUT2D eigenvalue weighted by Gasteiger charge is 2.15. The molecule has 0 radical (unpaired) electrons. The molecule has 0 spiro atoms. The van der Waals surface area contributed by atoms with E-state index in [4.69, 9.17) is 0 Å². The van der Waals surface area contributed by atoms with Crippen molar-refractivity contribution < 1.29 is 0 Å². The highest BCUT2D eigenvalue weighted by molar-refractivity contribution is 9.10. The topological polar surface area (TPSA) is 12.0 Å². The van der Waals surface area contributed by atoms with E-state index in [1.165, 1.54) is 20.5 Å². The van der Waals surface area contributed by atoms with E-state index in [9.17, 15) is 0 Å². The lowest BCUT2D eigenvalue weighted by Gasteiger charge is -2.21. The quantitative estimate of drug-likeness (QED) is 0.812. The summed E-state index contributed by atoms with van der Waals surface area (Å²) < 4.78 is 1.17. The Bertz CT molecular complexity index is 521. The Labute approximate surface area is 121 Å². The van der Waals surface area contributed by atoms with Crippen molar-refractivity contribution in [2.75, 3.05) is 0 Å². The van der Waals surface area contributed by atoms with E-state index >= 15 is 0 Å². The van der Waals surface area contributed by atoms with Crippen LogP contribution in [0, 0.1) is 6.92 Å². The van der Waals surface area contributed by atoms with Crippen molar-refractivity contribution in [2.24, 2.45) is 0 Å². The van der Waals surface area contributed by atoms with Crippen LogP contribution in [0.2, 0.25) is 0 Å². The molecule has 0 saturated heterocycles. The Morgan fingerprint density at radius 1 is 1.11 bits per heavy atom. The molecule has 1 aromatic heterocycles. The molecule has 18 heavy (non-hydrogen) atoms. The summed E-state index contributed by atoms with van der Waals surface area (Å²) in [7, 11) is 0. The lowest BCUT2D eigenvalue weighted by Crippen LogP contribution is -2.22. The molecule has 0 aliphatic rings. The molecule has 0 fully saturated rings. The molecule has 0 aliphatic carbocycles. The van der Waals surface area contributed by atoms with Crippen LogP contribution in [0.1, 0.15) is 41.9 Å². The largest absolute Gasteiger partial charge is 0.303 e. The molecule has 1 unspecified atom stereocenters. The van der Waals surface area contributed by atoms with Crippen molar-refractivity contribution in [3.63, 3.8) is 0 Å². The molecule has 1 aromatic carbocycles. The molecule has 1 heterocycles. The molecule has 96 valence electrons. The molecule has 0 bridgehead atoms. The highest BCUT2D eigenvalue weighted by atomic mass is 79.9. The molecule has 0 saturated carbocycles. The van der Waals surface area contributed by atoms with E-state index in [1.54, 1.807) is 0 Å². The van der Waals surface area contributed by atoms with Crippen molar-refractivity contribution in [1.82, 2.24) is 5.32 Å². The van der Waals surface area contributed by atoms with Gasteiger partial charge in [-0.15, -0.1) is 11.3 Å². The smallest absolute Gasteiger partial charge is 0.0393 e. The summed E-state index contributed by atoms with van der Waals surface area (Å²) in [5.74, 6) is 0. The van der Waals surface area contributed by atoms with Gasteiger partial charge in [0.05, 0.1) is 0 Å². The molecule has 2 aromatic rings.